The first-order valence-electron chi connectivity index (χ1n) is 7.94. The molecule has 7 nitrogen and oxygen atoms in total. The molecule has 0 aliphatic rings. The number of nitrogens with one attached hydrogen (secondary N) is 1. The van der Waals surface area contributed by atoms with Crippen molar-refractivity contribution >= 4 is 40.5 Å². The Morgan fingerprint density at radius 2 is 1.85 bits per heavy atom. The molecule has 2 amide bonds. The Morgan fingerprint density at radius 3 is 2.46 bits per heavy atom. The summed E-state index contributed by atoms with van der Waals surface area (Å²) in [5.74, 6) is -0.395. The summed E-state index contributed by atoms with van der Waals surface area (Å²) in [7, 11) is 1.69. The molecule has 0 fully saturated rings. The van der Waals surface area contributed by atoms with Crippen molar-refractivity contribution in [2.24, 2.45) is 0 Å². The maximum atomic E-state index is 12.1. The summed E-state index contributed by atoms with van der Waals surface area (Å²) in [6, 6.07) is 13.1. The van der Waals surface area contributed by atoms with E-state index < -0.39 is 4.92 Å². The van der Waals surface area contributed by atoms with E-state index >= 15 is 0 Å². The first-order valence-corrected chi connectivity index (χ1v) is 8.31. The lowest BCUT2D eigenvalue weighted by atomic mass is 10.2. The summed E-state index contributed by atoms with van der Waals surface area (Å²) in [5, 5.41) is 13.4. The van der Waals surface area contributed by atoms with Crippen LogP contribution in [-0.4, -0.2) is 23.8 Å². The van der Waals surface area contributed by atoms with Gasteiger partial charge >= 0.3 is 0 Å². The van der Waals surface area contributed by atoms with Gasteiger partial charge < -0.3 is 10.2 Å². The van der Waals surface area contributed by atoms with Gasteiger partial charge in [0.15, 0.2) is 0 Å². The maximum absolute atomic E-state index is 12.1. The van der Waals surface area contributed by atoms with Crippen molar-refractivity contribution in [2.75, 3.05) is 17.3 Å². The van der Waals surface area contributed by atoms with Crippen molar-refractivity contribution in [3.05, 3.63) is 63.7 Å². The number of amides is 2. The maximum Gasteiger partial charge on any atom is 0.271 e. The van der Waals surface area contributed by atoms with Crippen molar-refractivity contribution in [1.29, 1.82) is 0 Å². The van der Waals surface area contributed by atoms with Gasteiger partial charge in [-0.05, 0) is 24.6 Å². The lowest BCUT2D eigenvalue weighted by Gasteiger charge is -2.17. The molecule has 0 aliphatic carbocycles. The average molecular weight is 376 g/mol. The molecule has 8 heteroatoms. The van der Waals surface area contributed by atoms with Crippen LogP contribution in [-0.2, 0) is 9.59 Å². The van der Waals surface area contributed by atoms with Gasteiger partial charge in [-0.15, -0.1) is 0 Å². The minimum Gasteiger partial charge on any atom is -0.325 e. The summed E-state index contributed by atoms with van der Waals surface area (Å²) in [4.78, 5) is 35.8. The minimum atomic E-state index is -0.563. The molecule has 0 atom stereocenters. The first kappa shape index (κ1) is 19.4. The third kappa shape index (κ3) is 5.29. The number of nitrogens with zero attached hydrogens (tertiary/aromatic N) is 2. The van der Waals surface area contributed by atoms with Gasteiger partial charge in [-0.1, -0.05) is 29.8 Å². The minimum absolute atomic E-state index is 0.0858. The summed E-state index contributed by atoms with van der Waals surface area (Å²) in [6.07, 6.45) is 0.751. The van der Waals surface area contributed by atoms with E-state index in [-0.39, 0.29) is 35.4 Å². The molecule has 0 saturated carbocycles. The van der Waals surface area contributed by atoms with E-state index in [2.05, 4.69) is 5.32 Å². The largest absolute Gasteiger partial charge is 0.325 e. The zero-order valence-electron chi connectivity index (χ0n) is 14.1. The van der Waals surface area contributed by atoms with E-state index in [0.717, 1.165) is 5.69 Å². The van der Waals surface area contributed by atoms with Crippen LogP contribution in [0.5, 0.6) is 0 Å². The number of para-hydroxylation sites is 1. The number of nitro benzene ring substituents is 1. The highest BCUT2D eigenvalue weighted by Gasteiger charge is 2.13. The van der Waals surface area contributed by atoms with Crippen LogP contribution in [0.3, 0.4) is 0 Å². The molecule has 0 radical (unpaired) electrons. The Bertz CT molecular complexity index is 811. The number of non-ortho nitro benzene ring substituents is 1. The molecule has 0 saturated heterocycles. The van der Waals surface area contributed by atoms with Gasteiger partial charge in [-0.2, -0.15) is 0 Å². The quantitative estimate of drug-likeness (QED) is 0.584. The number of carbonyl (C=O) groups excluding carboxylic acids is 2. The molecule has 1 N–H and O–H groups in total. The predicted octanol–water partition coefficient (Wildman–Crippen LogP) is 4.02. The lowest BCUT2D eigenvalue weighted by molar-refractivity contribution is -0.384. The van der Waals surface area contributed by atoms with Crippen LogP contribution in [0.25, 0.3) is 0 Å². The molecule has 0 unspecified atom stereocenters. The van der Waals surface area contributed by atoms with Crippen LogP contribution in [0, 0.1) is 10.1 Å². The smallest absolute Gasteiger partial charge is 0.271 e. The molecule has 2 aromatic carbocycles. The van der Waals surface area contributed by atoms with Crippen LogP contribution in [0.2, 0.25) is 5.02 Å². The molecular weight excluding hydrogens is 358 g/mol. The first-order chi connectivity index (χ1) is 12.4. The molecule has 0 heterocycles. The number of carbonyl (C=O) groups is 2. The number of anilines is 2. The molecule has 26 heavy (non-hydrogen) atoms. The number of benzene rings is 2. The molecule has 0 bridgehead atoms. The topological polar surface area (TPSA) is 92.6 Å². The van der Waals surface area contributed by atoms with E-state index in [9.17, 15) is 19.7 Å². The van der Waals surface area contributed by atoms with Crippen LogP contribution in [0.15, 0.2) is 48.5 Å². The number of hydrogen-bond acceptors (Lipinski definition) is 4. The van der Waals surface area contributed by atoms with Crippen molar-refractivity contribution < 1.29 is 14.5 Å². The molecule has 0 spiro atoms. The number of hydrogen-bond donors (Lipinski definition) is 1. The van der Waals surface area contributed by atoms with Gasteiger partial charge in [-0.25, -0.2) is 0 Å². The van der Waals surface area contributed by atoms with Gasteiger partial charge in [0.05, 0.1) is 15.6 Å². The SMILES string of the molecule is CN(C(=O)CCCC(=O)Nc1ccc([N+](=O)[O-])cc1Cl)c1ccccc1. The summed E-state index contributed by atoms with van der Waals surface area (Å²) in [6.45, 7) is 0. The normalized spacial score (nSPS) is 10.2. The third-order valence-corrected chi connectivity index (χ3v) is 4.06. The Balaban J connectivity index is 1.82. The monoisotopic (exact) mass is 375 g/mol. The summed E-state index contributed by atoms with van der Waals surface area (Å²) in [5.41, 5.74) is 0.942. The fraction of sp³-hybridized carbons (Fsp3) is 0.222. The molecular formula is C18H18ClN3O4. The second-order valence-corrected chi connectivity index (χ2v) is 6.02. The second-order valence-electron chi connectivity index (χ2n) is 5.61. The highest BCUT2D eigenvalue weighted by Crippen LogP contribution is 2.26. The zero-order valence-corrected chi connectivity index (χ0v) is 14.9. The van der Waals surface area contributed by atoms with Crippen molar-refractivity contribution in [3.63, 3.8) is 0 Å². The van der Waals surface area contributed by atoms with E-state index in [0.29, 0.717) is 12.1 Å². The molecule has 136 valence electrons. The van der Waals surface area contributed by atoms with Crippen LogP contribution < -0.4 is 10.2 Å². The van der Waals surface area contributed by atoms with Gasteiger partial charge in [0.1, 0.15) is 0 Å². The van der Waals surface area contributed by atoms with Gasteiger partial charge in [0, 0.05) is 37.7 Å². The number of nitro groups is 1. The van der Waals surface area contributed by atoms with E-state index in [1.807, 2.05) is 30.3 Å². The molecule has 0 aromatic heterocycles. The van der Waals surface area contributed by atoms with Crippen molar-refractivity contribution in [3.8, 4) is 0 Å². The highest BCUT2D eigenvalue weighted by molar-refractivity contribution is 6.33. The Kier molecular flexibility index (Phi) is 6.68. The Morgan fingerprint density at radius 1 is 1.15 bits per heavy atom. The molecule has 2 rings (SSSR count). The Hall–Kier alpha value is -2.93. The fourth-order valence-corrected chi connectivity index (χ4v) is 2.52. The summed E-state index contributed by atoms with van der Waals surface area (Å²) >= 11 is 5.93. The predicted molar refractivity (Wildman–Crippen MR) is 100 cm³/mol. The Labute approximate surface area is 155 Å². The van der Waals surface area contributed by atoms with E-state index in [1.54, 1.807) is 11.9 Å². The number of rotatable bonds is 7. The number of halogens is 1. The molecule has 2 aromatic rings. The van der Waals surface area contributed by atoms with Crippen LogP contribution >= 0.6 is 11.6 Å². The van der Waals surface area contributed by atoms with E-state index in [1.165, 1.54) is 18.2 Å². The van der Waals surface area contributed by atoms with Gasteiger partial charge in [0.2, 0.25) is 11.8 Å². The molecule has 0 aliphatic heterocycles. The highest BCUT2D eigenvalue weighted by atomic mass is 35.5. The lowest BCUT2D eigenvalue weighted by Crippen LogP contribution is -2.26. The van der Waals surface area contributed by atoms with E-state index in [4.69, 9.17) is 11.6 Å². The average Bonchev–Trinajstić information content (AvgIpc) is 2.63. The van der Waals surface area contributed by atoms with Gasteiger partial charge in [-0.3, -0.25) is 19.7 Å². The standard InChI is InChI=1S/C18H18ClN3O4/c1-21(13-6-3-2-4-7-13)18(24)9-5-8-17(23)20-16-11-10-14(22(25)26)12-15(16)19/h2-4,6-7,10-12H,5,8-9H2,1H3,(H,20,23). The van der Waals surface area contributed by atoms with Crippen LogP contribution in [0.1, 0.15) is 19.3 Å². The van der Waals surface area contributed by atoms with Crippen LogP contribution in [0.4, 0.5) is 17.1 Å². The van der Waals surface area contributed by atoms with Crippen molar-refractivity contribution in [1.82, 2.24) is 0 Å². The third-order valence-electron chi connectivity index (χ3n) is 3.75. The van der Waals surface area contributed by atoms with Gasteiger partial charge in [0.25, 0.3) is 5.69 Å². The van der Waals surface area contributed by atoms with Crippen molar-refractivity contribution in [2.45, 2.75) is 19.3 Å². The fourth-order valence-electron chi connectivity index (χ4n) is 2.30. The zero-order chi connectivity index (χ0) is 19.1. The summed E-state index contributed by atoms with van der Waals surface area (Å²) < 4.78 is 0. The second kappa shape index (κ2) is 8.96.